The third-order valence-electron chi connectivity index (χ3n) is 5.22. The maximum absolute atomic E-state index is 8.58. The minimum atomic E-state index is 0.0332. The Balaban J connectivity index is 1.19. The van der Waals surface area contributed by atoms with E-state index >= 15 is 0 Å². The van der Waals surface area contributed by atoms with Gasteiger partial charge < -0.3 is 33.5 Å². The molecule has 0 aliphatic rings. The monoisotopic (exact) mass is 472 g/mol. The van der Waals surface area contributed by atoms with Gasteiger partial charge in [0.1, 0.15) is 0 Å². The normalized spacial score (nSPS) is 11.6. The van der Waals surface area contributed by atoms with Crippen molar-refractivity contribution in [2.75, 3.05) is 79.3 Å². The van der Waals surface area contributed by atoms with Crippen molar-refractivity contribution >= 4 is 21.5 Å². The molecule has 0 radical (unpaired) electrons. The summed E-state index contributed by atoms with van der Waals surface area (Å²) < 4.78 is 32.9. The molecule has 0 aliphatic heterocycles. The number of aliphatic hydroxyl groups excluding tert-OH is 1. The summed E-state index contributed by atoms with van der Waals surface area (Å²) in [4.78, 5) is 0. The third-order valence-corrected chi connectivity index (χ3v) is 5.22. The van der Waals surface area contributed by atoms with E-state index in [9.17, 15) is 0 Å². The Hall–Kier alpha value is -2.10. The SMILES string of the molecule is OCCOCCOCCOCCOCCOCCOCc1c2ccccc2cc2ccccc12. The Morgan fingerprint density at radius 3 is 1.29 bits per heavy atom. The van der Waals surface area contributed by atoms with E-state index in [0.717, 1.165) is 0 Å². The van der Waals surface area contributed by atoms with Gasteiger partial charge in [0.2, 0.25) is 0 Å². The second kappa shape index (κ2) is 16.5. The van der Waals surface area contributed by atoms with Gasteiger partial charge in [0.15, 0.2) is 0 Å². The fourth-order valence-corrected chi connectivity index (χ4v) is 3.60. The molecule has 0 heterocycles. The molecule has 7 nitrogen and oxygen atoms in total. The van der Waals surface area contributed by atoms with Gasteiger partial charge in [-0.05, 0) is 33.2 Å². The van der Waals surface area contributed by atoms with Gasteiger partial charge >= 0.3 is 0 Å². The lowest BCUT2D eigenvalue weighted by Crippen LogP contribution is -2.14. The molecular weight excluding hydrogens is 436 g/mol. The van der Waals surface area contributed by atoms with Crippen LogP contribution in [0.15, 0.2) is 54.6 Å². The highest BCUT2D eigenvalue weighted by Gasteiger charge is 2.07. The first-order valence-corrected chi connectivity index (χ1v) is 11.9. The Bertz CT molecular complexity index is 893. The fraction of sp³-hybridized carbons (Fsp3) is 0.481. The second-order valence-corrected chi connectivity index (χ2v) is 7.64. The molecular formula is C27H36O7. The summed E-state index contributed by atoms with van der Waals surface area (Å²) in [5.41, 5.74) is 1.22. The van der Waals surface area contributed by atoms with Crippen LogP contribution in [-0.2, 0) is 35.0 Å². The van der Waals surface area contributed by atoms with E-state index in [-0.39, 0.29) is 6.61 Å². The summed E-state index contributed by atoms with van der Waals surface area (Å²) in [6.07, 6.45) is 0. The van der Waals surface area contributed by atoms with Gasteiger partial charge in [-0.1, -0.05) is 48.5 Å². The predicted molar refractivity (Wildman–Crippen MR) is 132 cm³/mol. The molecule has 0 saturated heterocycles. The molecule has 7 heteroatoms. The number of rotatable bonds is 19. The van der Waals surface area contributed by atoms with Crippen molar-refractivity contribution in [2.45, 2.75) is 6.61 Å². The minimum absolute atomic E-state index is 0.0332. The average Bonchev–Trinajstić information content (AvgIpc) is 2.87. The molecule has 186 valence electrons. The first-order chi connectivity index (χ1) is 16.9. The molecule has 0 aromatic heterocycles. The van der Waals surface area contributed by atoms with Crippen LogP contribution in [0.3, 0.4) is 0 Å². The highest BCUT2D eigenvalue weighted by molar-refractivity contribution is 6.02. The average molecular weight is 473 g/mol. The summed E-state index contributed by atoms with van der Waals surface area (Å²) in [5, 5.41) is 13.5. The maximum atomic E-state index is 8.58. The zero-order valence-corrected chi connectivity index (χ0v) is 19.8. The van der Waals surface area contributed by atoms with Gasteiger partial charge in [0.05, 0.1) is 85.9 Å². The largest absolute Gasteiger partial charge is 0.394 e. The molecule has 0 spiro atoms. The molecule has 0 unspecified atom stereocenters. The second-order valence-electron chi connectivity index (χ2n) is 7.64. The standard InChI is InChI=1S/C27H36O7/c28-9-10-29-11-12-30-13-14-31-15-16-32-17-18-33-19-20-34-22-27-25-7-3-1-5-23(25)21-24-6-2-4-8-26(24)27/h1-8,21,28H,9-20,22H2. The highest BCUT2D eigenvalue weighted by Crippen LogP contribution is 2.28. The lowest BCUT2D eigenvalue weighted by molar-refractivity contribution is -0.0189. The van der Waals surface area contributed by atoms with Crippen LogP contribution in [0.1, 0.15) is 5.56 Å². The Kier molecular flexibility index (Phi) is 12.9. The van der Waals surface area contributed by atoms with Crippen molar-refractivity contribution in [1.82, 2.24) is 0 Å². The molecule has 0 saturated carbocycles. The van der Waals surface area contributed by atoms with Crippen molar-refractivity contribution in [2.24, 2.45) is 0 Å². The van der Waals surface area contributed by atoms with Crippen molar-refractivity contribution in [3.05, 3.63) is 60.2 Å². The Labute approximate surface area is 201 Å². The molecule has 3 aromatic rings. The van der Waals surface area contributed by atoms with E-state index < -0.39 is 0 Å². The van der Waals surface area contributed by atoms with Crippen LogP contribution >= 0.6 is 0 Å². The summed E-state index contributed by atoms with van der Waals surface area (Å²) >= 11 is 0. The van der Waals surface area contributed by atoms with E-state index in [2.05, 4.69) is 54.6 Å². The highest BCUT2D eigenvalue weighted by atomic mass is 16.6. The van der Waals surface area contributed by atoms with Gasteiger partial charge in [-0.2, -0.15) is 0 Å². The van der Waals surface area contributed by atoms with Crippen LogP contribution in [0.4, 0.5) is 0 Å². The summed E-state index contributed by atoms with van der Waals surface area (Å²) in [6, 6.07) is 19.1. The zero-order chi connectivity index (χ0) is 23.7. The van der Waals surface area contributed by atoms with Gasteiger partial charge in [0.25, 0.3) is 0 Å². The molecule has 0 fully saturated rings. The van der Waals surface area contributed by atoms with E-state index in [1.807, 2.05) is 0 Å². The van der Waals surface area contributed by atoms with E-state index in [1.54, 1.807) is 0 Å². The van der Waals surface area contributed by atoms with Crippen LogP contribution in [-0.4, -0.2) is 84.4 Å². The van der Waals surface area contributed by atoms with Crippen molar-refractivity contribution in [3.8, 4) is 0 Å². The molecule has 0 bridgehead atoms. The topological polar surface area (TPSA) is 75.6 Å². The van der Waals surface area contributed by atoms with Crippen LogP contribution in [0.2, 0.25) is 0 Å². The van der Waals surface area contributed by atoms with Crippen LogP contribution in [0, 0.1) is 0 Å². The molecule has 0 aliphatic carbocycles. The first kappa shape index (κ1) is 26.5. The number of benzene rings is 3. The maximum Gasteiger partial charge on any atom is 0.0730 e. The van der Waals surface area contributed by atoms with Crippen molar-refractivity contribution in [1.29, 1.82) is 0 Å². The molecule has 0 amide bonds. The summed E-state index contributed by atoms with van der Waals surface area (Å²) in [6.45, 7) is 6.10. The van der Waals surface area contributed by atoms with Gasteiger partial charge in [-0.3, -0.25) is 0 Å². The van der Waals surface area contributed by atoms with Crippen molar-refractivity contribution in [3.63, 3.8) is 0 Å². The first-order valence-electron chi connectivity index (χ1n) is 11.9. The number of aliphatic hydroxyl groups is 1. The Morgan fingerprint density at radius 2 is 0.853 bits per heavy atom. The number of ether oxygens (including phenoxy) is 6. The van der Waals surface area contributed by atoms with Crippen LogP contribution in [0.5, 0.6) is 0 Å². The molecule has 0 atom stereocenters. The predicted octanol–water partition coefficient (Wildman–Crippen LogP) is 3.58. The van der Waals surface area contributed by atoms with Crippen LogP contribution < -0.4 is 0 Å². The molecule has 3 aromatic carbocycles. The minimum Gasteiger partial charge on any atom is -0.394 e. The Morgan fingerprint density at radius 1 is 0.471 bits per heavy atom. The van der Waals surface area contributed by atoms with Gasteiger partial charge in [-0.15, -0.1) is 0 Å². The number of fused-ring (bicyclic) bond motifs is 2. The van der Waals surface area contributed by atoms with E-state index in [0.29, 0.717) is 79.3 Å². The third kappa shape index (κ3) is 9.27. The molecule has 3 rings (SSSR count). The summed E-state index contributed by atoms with van der Waals surface area (Å²) in [7, 11) is 0. The van der Waals surface area contributed by atoms with Crippen LogP contribution in [0.25, 0.3) is 21.5 Å². The van der Waals surface area contributed by atoms with E-state index in [1.165, 1.54) is 27.1 Å². The van der Waals surface area contributed by atoms with Gasteiger partial charge in [0, 0.05) is 0 Å². The lowest BCUT2D eigenvalue weighted by Gasteiger charge is -2.12. The van der Waals surface area contributed by atoms with E-state index in [4.69, 9.17) is 33.5 Å². The number of hydrogen-bond donors (Lipinski definition) is 1. The quantitative estimate of drug-likeness (QED) is 0.211. The fourth-order valence-electron chi connectivity index (χ4n) is 3.60. The lowest BCUT2D eigenvalue weighted by atomic mass is 9.97. The molecule has 34 heavy (non-hydrogen) atoms. The van der Waals surface area contributed by atoms with Crippen molar-refractivity contribution < 1.29 is 33.5 Å². The zero-order valence-electron chi connectivity index (χ0n) is 19.8. The summed E-state index contributed by atoms with van der Waals surface area (Å²) in [5.74, 6) is 0. The number of hydrogen-bond acceptors (Lipinski definition) is 7. The molecule has 1 N–H and O–H groups in total. The van der Waals surface area contributed by atoms with Gasteiger partial charge in [-0.25, -0.2) is 0 Å². The smallest absolute Gasteiger partial charge is 0.0730 e.